The summed E-state index contributed by atoms with van der Waals surface area (Å²) in [6, 6.07) is 17.7. The summed E-state index contributed by atoms with van der Waals surface area (Å²) in [4.78, 5) is 12.1. The predicted molar refractivity (Wildman–Crippen MR) is 122 cm³/mol. The third-order valence-electron chi connectivity index (χ3n) is 4.93. The fraction of sp³-hybridized carbons (Fsp3) is 0.296. The molecule has 1 aliphatic rings. The lowest BCUT2D eigenvalue weighted by atomic mass is 10.0. The number of esters is 1. The van der Waals surface area contributed by atoms with Crippen molar-refractivity contribution in [1.82, 2.24) is 0 Å². The number of hydrogen-bond donors (Lipinski definition) is 1. The molecule has 0 bridgehead atoms. The molecule has 0 amide bonds. The van der Waals surface area contributed by atoms with Gasteiger partial charge < -0.3 is 14.6 Å². The van der Waals surface area contributed by atoms with Crippen molar-refractivity contribution in [2.45, 2.75) is 51.7 Å². The van der Waals surface area contributed by atoms with Gasteiger partial charge in [0.05, 0.1) is 0 Å². The molecule has 160 valence electrons. The molecule has 2 aromatic rings. The summed E-state index contributed by atoms with van der Waals surface area (Å²) < 4.78 is 10.8. The summed E-state index contributed by atoms with van der Waals surface area (Å²) in [5.74, 6) is 5.58. The van der Waals surface area contributed by atoms with Crippen molar-refractivity contribution in [3.05, 3.63) is 88.9 Å². The maximum absolute atomic E-state index is 12.1. The Morgan fingerprint density at radius 3 is 2.68 bits per heavy atom. The first-order valence-corrected chi connectivity index (χ1v) is 10.7. The number of hydrogen-bond acceptors (Lipinski definition) is 4. The first kappa shape index (κ1) is 22.2. The number of cyclic esters (lactones) is 1. The van der Waals surface area contributed by atoms with Gasteiger partial charge in [-0.25, -0.2) is 4.79 Å². The monoisotopic (exact) mass is 416 g/mol. The highest BCUT2D eigenvalue weighted by molar-refractivity contribution is 5.89. The van der Waals surface area contributed by atoms with Crippen LogP contribution >= 0.6 is 0 Å². The average molecular weight is 417 g/mol. The van der Waals surface area contributed by atoms with Crippen LogP contribution in [0.4, 0.5) is 0 Å². The Morgan fingerprint density at radius 1 is 1.10 bits per heavy atom. The fourth-order valence-corrected chi connectivity index (χ4v) is 3.23. The van der Waals surface area contributed by atoms with E-state index in [1.807, 2.05) is 48.5 Å². The molecule has 2 aromatic carbocycles. The molecule has 31 heavy (non-hydrogen) atoms. The number of rotatable bonds is 9. The summed E-state index contributed by atoms with van der Waals surface area (Å²) in [6.07, 6.45) is 7.29. The van der Waals surface area contributed by atoms with Crippen LogP contribution < -0.4 is 0 Å². The molecule has 1 N–H and O–H groups in total. The van der Waals surface area contributed by atoms with Crippen molar-refractivity contribution in [2.75, 3.05) is 0 Å². The molecule has 0 saturated heterocycles. The zero-order valence-corrected chi connectivity index (χ0v) is 17.8. The van der Waals surface area contributed by atoms with Gasteiger partial charge in [-0.2, -0.15) is 0 Å². The van der Waals surface area contributed by atoms with Gasteiger partial charge in [-0.05, 0) is 36.0 Å². The Balaban J connectivity index is 1.53. The molecule has 0 fully saturated rings. The molecule has 0 spiro atoms. The lowest BCUT2D eigenvalue weighted by Crippen LogP contribution is -2.11. The van der Waals surface area contributed by atoms with E-state index in [2.05, 4.69) is 37.0 Å². The minimum absolute atomic E-state index is 0.0890. The molecule has 0 aliphatic carbocycles. The van der Waals surface area contributed by atoms with Gasteiger partial charge >= 0.3 is 5.97 Å². The summed E-state index contributed by atoms with van der Waals surface area (Å²) in [5, 5.41) is 10.4. The maximum atomic E-state index is 12.1. The summed E-state index contributed by atoms with van der Waals surface area (Å²) in [6.45, 7) is 2.33. The first-order chi connectivity index (χ1) is 15.2. The van der Waals surface area contributed by atoms with E-state index in [1.165, 1.54) is 5.56 Å². The lowest BCUT2D eigenvalue weighted by molar-refractivity contribution is -0.143. The number of allylic oxidation sites excluding steroid dienone is 1. The van der Waals surface area contributed by atoms with Crippen molar-refractivity contribution in [3.63, 3.8) is 0 Å². The highest BCUT2D eigenvalue weighted by Gasteiger charge is 2.35. The molecular formula is C27H28O4. The number of aliphatic hydroxyl groups excluding tert-OH is 1. The molecule has 1 heterocycles. The van der Waals surface area contributed by atoms with Gasteiger partial charge in [0.1, 0.15) is 6.61 Å². The zero-order chi connectivity index (χ0) is 21.9. The van der Waals surface area contributed by atoms with E-state index in [9.17, 15) is 9.90 Å². The van der Waals surface area contributed by atoms with Crippen LogP contribution in [0, 0.1) is 11.8 Å². The van der Waals surface area contributed by atoms with E-state index < -0.39 is 12.1 Å². The number of ether oxygens (including phenoxy) is 2. The second-order valence-electron chi connectivity index (χ2n) is 7.34. The first-order valence-electron chi connectivity index (χ1n) is 10.7. The molecule has 3 rings (SSSR count). The van der Waals surface area contributed by atoms with Gasteiger partial charge in [-0.15, -0.1) is 5.92 Å². The minimum Gasteiger partial charge on any atom is -0.505 e. The highest BCUT2D eigenvalue weighted by atomic mass is 16.6. The van der Waals surface area contributed by atoms with Crippen LogP contribution in [0.15, 0.2) is 72.2 Å². The Hall–Kier alpha value is -3.45. The Bertz CT molecular complexity index is 993. The second kappa shape index (κ2) is 11.7. The van der Waals surface area contributed by atoms with Gasteiger partial charge in [-0.3, -0.25) is 0 Å². The van der Waals surface area contributed by atoms with Crippen LogP contribution in [0.3, 0.4) is 0 Å². The lowest BCUT2D eigenvalue weighted by Gasteiger charge is -2.07. The van der Waals surface area contributed by atoms with Crippen LogP contribution in [-0.2, 0) is 27.3 Å². The maximum Gasteiger partial charge on any atom is 0.378 e. The van der Waals surface area contributed by atoms with Crippen LogP contribution in [0.1, 0.15) is 49.3 Å². The quantitative estimate of drug-likeness (QED) is 0.418. The van der Waals surface area contributed by atoms with Crippen LogP contribution in [0.25, 0.3) is 6.08 Å². The Labute approximate surface area is 184 Å². The summed E-state index contributed by atoms with van der Waals surface area (Å²) >= 11 is 0. The van der Waals surface area contributed by atoms with Crippen LogP contribution in [0.2, 0.25) is 0 Å². The molecular weight excluding hydrogens is 388 g/mol. The van der Waals surface area contributed by atoms with Gasteiger partial charge in [0.25, 0.3) is 0 Å². The van der Waals surface area contributed by atoms with Crippen molar-refractivity contribution in [3.8, 4) is 11.8 Å². The van der Waals surface area contributed by atoms with Crippen molar-refractivity contribution in [2.24, 2.45) is 0 Å². The molecule has 4 heteroatoms. The predicted octanol–water partition coefficient (Wildman–Crippen LogP) is 5.74. The number of benzene rings is 2. The van der Waals surface area contributed by atoms with Crippen molar-refractivity contribution >= 4 is 12.0 Å². The van der Waals surface area contributed by atoms with E-state index in [-0.39, 0.29) is 18.1 Å². The minimum atomic E-state index is -0.668. The average Bonchev–Trinajstić information content (AvgIpc) is 3.06. The molecule has 1 aliphatic heterocycles. The van der Waals surface area contributed by atoms with Gasteiger partial charge in [0.2, 0.25) is 5.76 Å². The van der Waals surface area contributed by atoms with Gasteiger partial charge in [0, 0.05) is 12.8 Å². The molecule has 0 aromatic heterocycles. The van der Waals surface area contributed by atoms with Gasteiger partial charge in [-0.1, -0.05) is 79.6 Å². The van der Waals surface area contributed by atoms with Crippen LogP contribution in [0.5, 0.6) is 0 Å². The van der Waals surface area contributed by atoms with Gasteiger partial charge in [0.15, 0.2) is 11.9 Å². The van der Waals surface area contributed by atoms with E-state index in [0.717, 1.165) is 30.4 Å². The largest absolute Gasteiger partial charge is 0.505 e. The summed E-state index contributed by atoms with van der Waals surface area (Å²) in [5.41, 5.74) is 3.23. The fourth-order valence-electron chi connectivity index (χ4n) is 3.23. The Kier molecular flexibility index (Phi) is 8.37. The third-order valence-corrected chi connectivity index (χ3v) is 4.93. The van der Waals surface area contributed by atoms with E-state index in [1.54, 1.807) is 0 Å². The molecule has 4 nitrogen and oxygen atoms in total. The molecule has 1 atom stereocenters. The standard InChI is InChI=1S/C27H28O4/c1-2-3-4-8-15-22-16-9-10-17-23(22)18-11-12-19-24-25(28)26(27(29)31-24)30-20-21-13-6-5-7-14-21/h5-7,9-11,13-14,16-18,24,28H,2-3,12,15,19-20H2,1H3/b18-11-. The number of unbranched alkanes of at least 4 members (excludes halogenated alkanes) is 1. The molecule has 0 radical (unpaired) electrons. The van der Waals surface area contributed by atoms with E-state index in [0.29, 0.717) is 12.8 Å². The van der Waals surface area contributed by atoms with E-state index >= 15 is 0 Å². The number of carbonyl (C=O) groups excluding carboxylic acids is 1. The summed E-state index contributed by atoms with van der Waals surface area (Å²) in [7, 11) is 0. The van der Waals surface area contributed by atoms with Crippen LogP contribution in [-0.4, -0.2) is 17.2 Å². The SMILES string of the molecule is CCCC#CCc1ccccc1/C=C\CCC1OC(=O)C(OCc2ccccc2)=C1O. The van der Waals surface area contributed by atoms with E-state index in [4.69, 9.17) is 9.47 Å². The highest BCUT2D eigenvalue weighted by Crippen LogP contribution is 2.26. The molecule has 0 saturated carbocycles. The van der Waals surface area contributed by atoms with Crippen molar-refractivity contribution < 1.29 is 19.4 Å². The third kappa shape index (κ3) is 6.52. The second-order valence-corrected chi connectivity index (χ2v) is 7.34. The number of aliphatic hydroxyl groups is 1. The zero-order valence-electron chi connectivity index (χ0n) is 17.8. The number of carbonyl (C=O) groups is 1. The normalized spacial score (nSPS) is 15.6. The Morgan fingerprint density at radius 2 is 1.87 bits per heavy atom. The molecule has 1 unspecified atom stereocenters. The smallest absolute Gasteiger partial charge is 0.378 e. The topological polar surface area (TPSA) is 55.8 Å². The van der Waals surface area contributed by atoms with Crippen molar-refractivity contribution in [1.29, 1.82) is 0 Å².